The number of carbonyl (C=O) groups excluding carboxylic acids is 1. The van der Waals surface area contributed by atoms with Gasteiger partial charge in [-0.25, -0.2) is 0 Å². The first kappa shape index (κ1) is 14.7. The fourth-order valence-electron chi connectivity index (χ4n) is 1.93. The van der Waals surface area contributed by atoms with Crippen molar-refractivity contribution in [2.24, 2.45) is 5.73 Å². The number of rotatable bonds is 7. The lowest BCUT2D eigenvalue weighted by molar-refractivity contribution is 0.0925. The molecule has 1 atom stereocenters. The Morgan fingerprint density at radius 3 is 2.83 bits per heavy atom. The zero-order valence-corrected chi connectivity index (χ0v) is 11.6. The quantitative estimate of drug-likeness (QED) is 0.771. The minimum Gasteiger partial charge on any atom is -0.347 e. The Morgan fingerprint density at radius 2 is 2.28 bits per heavy atom. The normalized spacial score (nSPS) is 12.4. The Kier molecular flexibility index (Phi) is 5.85. The summed E-state index contributed by atoms with van der Waals surface area (Å²) in [5, 5.41) is 7.25. The zero-order valence-electron chi connectivity index (χ0n) is 11.6. The van der Waals surface area contributed by atoms with Crippen LogP contribution in [0.1, 0.15) is 49.3 Å². The van der Waals surface area contributed by atoms with Crippen LogP contribution in [0.15, 0.2) is 6.07 Å². The molecule has 0 saturated carbocycles. The Hall–Kier alpha value is -1.36. The van der Waals surface area contributed by atoms with Gasteiger partial charge in [0, 0.05) is 19.1 Å². The topological polar surface area (TPSA) is 72.9 Å². The number of aryl methyl sites for hydroxylation is 2. The third kappa shape index (κ3) is 3.84. The molecule has 0 fully saturated rings. The van der Waals surface area contributed by atoms with Crippen molar-refractivity contribution < 1.29 is 4.79 Å². The Labute approximate surface area is 109 Å². The lowest BCUT2D eigenvalue weighted by Crippen LogP contribution is -2.40. The van der Waals surface area contributed by atoms with Crippen molar-refractivity contribution in [3.05, 3.63) is 17.5 Å². The molecule has 1 rings (SSSR count). The van der Waals surface area contributed by atoms with Crippen molar-refractivity contribution in [1.29, 1.82) is 0 Å². The molecule has 0 bridgehead atoms. The van der Waals surface area contributed by atoms with Crippen LogP contribution in [-0.2, 0) is 6.54 Å². The second kappa shape index (κ2) is 7.16. The third-order valence-electron chi connectivity index (χ3n) is 2.96. The highest BCUT2D eigenvalue weighted by molar-refractivity contribution is 5.92. The van der Waals surface area contributed by atoms with E-state index in [9.17, 15) is 4.79 Å². The summed E-state index contributed by atoms with van der Waals surface area (Å²) in [6.45, 7) is 7.16. The van der Waals surface area contributed by atoms with Crippen molar-refractivity contribution >= 4 is 5.91 Å². The molecule has 5 nitrogen and oxygen atoms in total. The van der Waals surface area contributed by atoms with Crippen LogP contribution >= 0.6 is 0 Å². The summed E-state index contributed by atoms with van der Waals surface area (Å²) < 4.78 is 1.72. The Balaban J connectivity index is 2.68. The molecule has 0 aliphatic carbocycles. The summed E-state index contributed by atoms with van der Waals surface area (Å²) in [6.07, 6.45) is 3.12. The van der Waals surface area contributed by atoms with Gasteiger partial charge in [0.2, 0.25) is 0 Å². The van der Waals surface area contributed by atoms with Gasteiger partial charge in [-0.3, -0.25) is 9.48 Å². The third-order valence-corrected chi connectivity index (χ3v) is 2.96. The van der Waals surface area contributed by atoms with Crippen molar-refractivity contribution in [1.82, 2.24) is 15.1 Å². The molecule has 18 heavy (non-hydrogen) atoms. The van der Waals surface area contributed by atoms with Crippen LogP contribution < -0.4 is 11.1 Å². The fraction of sp³-hybridized carbons (Fsp3) is 0.692. The smallest absolute Gasteiger partial charge is 0.269 e. The van der Waals surface area contributed by atoms with Gasteiger partial charge in [-0.05, 0) is 26.3 Å². The second-order valence-electron chi connectivity index (χ2n) is 4.54. The van der Waals surface area contributed by atoms with E-state index in [0.29, 0.717) is 18.8 Å². The fourth-order valence-corrected chi connectivity index (χ4v) is 1.93. The lowest BCUT2D eigenvalue weighted by atomic mass is 10.1. The highest BCUT2D eigenvalue weighted by atomic mass is 16.2. The molecule has 102 valence electrons. The number of unbranched alkanes of at least 4 members (excludes halogenated alkanes) is 1. The number of aromatic nitrogens is 2. The Bertz CT molecular complexity index is 386. The van der Waals surface area contributed by atoms with Crippen LogP contribution in [0.25, 0.3) is 0 Å². The molecule has 0 aromatic carbocycles. The van der Waals surface area contributed by atoms with Crippen molar-refractivity contribution in [3.63, 3.8) is 0 Å². The average Bonchev–Trinajstić information content (AvgIpc) is 2.75. The zero-order chi connectivity index (χ0) is 13.5. The maximum atomic E-state index is 12.1. The summed E-state index contributed by atoms with van der Waals surface area (Å²) in [4.78, 5) is 12.1. The molecule has 5 heteroatoms. The van der Waals surface area contributed by atoms with E-state index in [2.05, 4.69) is 17.3 Å². The first-order valence-corrected chi connectivity index (χ1v) is 6.67. The van der Waals surface area contributed by atoms with Gasteiger partial charge in [-0.15, -0.1) is 0 Å². The number of nitrogens with one attached hydrogen (secondary N) is 1. The largest absolute Gasteiger partial charge is 0.347 e. The molecule has 0 aliphatic heterocycles. The average molecular weight is 252 g/mol. The van der Waals surface area contributed by atoms with E-state index >= 15 is 0 Å². The lowest BCUT2D eigenvalue weighted by Gasteiger charge is -2.16. The summed E-state index contributed by atoms with van der Waals surface area (Å²) in [7, 11) is 0. The SMILES string of the molecule is CCCCC(CN)NC(=O)c1cc(C)nn1CC. The molecule has 0 aliphatic rings. The van der Waals surface area contributed by atoms with Gasteiger partial charge in [-0.2, -0.15) is 5.10 Å². The van der Waals surface area contributed by atoms with Gasteiger partial charge in [-0.1, -0.05) is 19.8 Å². The van der Waals surface area contributed by atoms with Crippen molar-refractivity contribution in [2.45, 2.75) is 52.6 Å². The summed E-state index contributed by atoms with van der Waals surface area (Å²) >= 11 is 0. The van der Waals surface area contributed by atoms with E-state index in [4.69, 9.17) is 5.73 Å². The number of hydrogen-bond acceptors (Lipinski definition) is 3. The summed E-state index contributed by atoms with van der Waals surface area (Å²) in [5.41, 5.74) is 7.16. The molecule has 1 aromatic rings. The van der Waals surface area contributed by atoms with E-state index in [0.717, 1.165) is 25.0 Å². The highest BCUT2D eigenvalue weighted by Crippen LogP contribution is 2.06. The number of carbonyl (C=O) groups is 1. The molecule has 1 heterocycles. The molecule has 0 radical (unpaired) electrons. The minimum atomic E-state index is -0.0796. The molecule has 1 amide bonds. The van der Waals surface area contributed by atoms with Crippen LogP contribution in [0.5, 0.6) is 0 Å². The van der Waals surface area contributed by atoms with Crippen LogP contribution in [0.2, 0.25) is 0 Å². The van der Waals surface area contributed by atoms with E-state index in [-0.39, 0.29) is 11.9 Å². The van der Waals surface area contributed by atoms with Crippen molar-refractivity contribution in [3.8, 4) is 0 Å². The van der Waals surface area contributed by atoms with Gasteiger partial charge in [0.25, 0.3) is 5.91 Å². The Morgan fingerprint density at radius 1 is 1.56 bits per heavy atom. The predicted octanol–water partition coefficient (Wildman–Crippen LogP) is 1.46. The van der Waals surface area contributed by atoms with Gasteiger partial charge in [0.05, 0.1) is 5.69 Å². The second-order valence-corrected chi connectivity index (χ2v) is 4.54. The van der Waals surface area contributed by atoms with Gasteiger partial charge < -0.3 is 11.1 Å². The number of hydrogen-bond donors (Lipinski definition) is 2. The minimum absolute atomic E-state index is 0.0537. The van der Waals surface area contributed by atoms with Gasteiger partial charge in [0.15, 0.2) is 0 Å². The number of nitrogens with two attached hydrogens (primary N) is 1. The summed E-state index contributed by atoms with van der Waals surface area (Å²) in [5.74, 6) is -0.0796. The maximum absolute atomic E-state index is 12.1. The first-order valence-electron chi connectivity index (χ1n) is 6.67. The van der Waals surface area contributed by atoms with Crippen LogP contribution in [0.4, 0.5) is 0 Å². The molecule has 1 unspecified atom stereocenters. The van der Waals surface area contributed by atoms with Crippen LogP contribution in [0.3, 0.4) is 0 Å². The summed E-state index contributed by atoms with van der Waals surface area (Å²) in [6, 6.07) is 1.87. The van der Waals surface area contributed by atoms with Gasteiger partial charge in [0.1, 0.15) is 5.69 Å². The molecule has 0 saturated heterocycles. The van der Waals surface area contributed by atoms with Crippen molar-refractivity contribution in [2.75, 3.05) is 6.54 Å². The highest BCUT2D eigenvalue weighted by Gasteiger charge is 2.16. The molecular formula is C13H24N4O. The maximum Gasteiger partial charge on any atom is 0.269 e. The van der Waals surface area contributed by atoms with E-state index in [1.165, 1.54) is 0 Å². The van der Waals surface area contributed by atoms with Gasteiger partial charge >= 0.3 is 0 Å². The molecule has 3 N–H and O–H groups in total. The first-order chi connectivity index (χ1) is 8.62. The van der Waals surface area contributed by atoms with E-state index < -0.39 is 0 Å². The monoisotopic (exact) mass is 252 g/mol. The predicted molar refractivity (Wildman–Crippen MR) is 72.5 cm³/mol. The van der Waals surface area contributed by atoms with Crippen LogP contribution in [0, 0.1) is 6.92 Å². The number of nitrogens with zero attached hydrogens (tertiary/aromatic N) is 2. The molecule has 1 aromatic heterocycles. The molecule has 0 spiro atoms. The van der Waals surface area contributed by atoms with E-state index in [1.54, 1.807) is 4.68 Å². The standard InChI is InChI=1S/C13H24N4O/c1-4-6-7-11(9-14)15-13(18)12-8-10(3)16-17(12)5-2/h8,11H,4-7,9,14H2,1-3H3,(H,15,18). The van der Waals surface area contributed by atoms with E-state index in [1.807, 2.05) is 19.9 Å². The molecular weight excluding hydrogens is 228 g/mol. The number of amides is 1. The van der Waals surface area contributed by atoms with Crippen LogP contribution in [-0.4, -0.2) is 28.3 Å².